The Balaban J connectivity index is 2.47. The molecular weight excluding hydrogens is 368 g/mol. The highest BCUT2D eigenvalue weighted by molar-refractivity contribution is 7.86. The predicted molar refractivity (Wildman–Crippen MR) is 119 cm³/mol. The number of hydrogen-bond donors (Lipinski definition) is 0. The van der Waals surface area contributed by atoms with E-state index in [4.69, 9.17) is 4.18 Å². The summed E-state index contributed by atoms with van der Waals surface area (Å²) in [5.41, 5.74) is 0.250. The normalized spacial score (nSPS) is 12.4. The lowest BCUT2D eigenvalue weighted by atomic mass is 10.0. The fourth-order valence-electron chi connectivity index (χ4n) is 3.43. The molecule has 0 fully saturated rings. The van der Waals surface area contributed by atoms with Crippen LogP contribution in [0.3, 0.4) is 0 Å². The zero-order valence-electron chi connectivity index (χ0n) is 18.6. The second-order valence-corrected chi connectivity index (χ2v) is 9.75. The van der Waals surface area contributed by atoms with Gasteiger partial charge in [0.1, 0.15) is 0 Å². The molecule has 162 valence electrons. The summed E-state index contributed by atoms with van der Waals surface area (Å²) in [5.74, 6) is 0. The molecule has 3 nitrogen and oxygen atoms in total. The van der Waals surface area contributed by atoms with Gasteiger partial charge in [0.2, 0.25) is 0 Å². The fraction of sp³-hybridized carbons (Fsp3) is 0.750. The zero-order chi connectivity index (χ0) is 20.9. The first kappa shape index (κ1) is 25.2. The average Bonchev–Trinajstić information content (AvgIpc) is 2.69. The fourth-order valence-corrected chi connectivity index (χ4v) is 5.03. The second kappa shape index (κ2) is 13.4. The smallest absolute Gasteiger partial charge is 0.260 e. The van der Waals surface area contributed by atoms with Crippen molar-refractivity contribution in [2.24, 2.45) is 0 Å². The van der Waals surface area contributed by atoms with E-state index in [0.29, 0.717) is 17.7 Å². The standard InChI is InChI=1S/C24H42O3S/c1-5-8-9-10-11-12-13-14-15-16-19-22-20-17-18-21-23(22)28(25,26)27-24(4,6-2)7-3/h17-18,20-21H,5-16,19H2,1-4H3. The van der Waals surface area contributed by atoms with Crippen LogP contribution in [0, 0.1) is 0 Å². The lowest BCUT2D eigenvalue weighted by Gasteiger charge is -2.26. The Kier molecular flexibility index (Phi) is 12.0. The zero-order valence-corrected chi connectivity index (χ0v) is 19.5. The Bertz CT molecular complexity index is 633. The minimum absolute atomic E-state index is 0.346. The van der Waals surface area contributed by atoms with Crippen LogP contribution in [0.4, 0.5) is 0 Å². The summed E-state index contributed by atoms with van der Waals surface area (Å²) in [5, 5.41) is 0. The van der Waals surface area contributed by atoms with Gasteiger partial charge in [0.15, 0.2) is 0 Å². The third-order valence-electron chi connectivity index (χ3n) is 5.85. The lowest BCUT2D eigenvalue weighted by molar-refractivity contribution is 0.0882. The van der Waals surface area contributed by atoms with Crippen molar-refractivity contribution in [1.82, 2.24) is 0 Å². The average molecular weight is 411 g/mol. The van der Waals surface area contributed by atoms with Gasteiger partial charge in [0, 0.05) is 0 Å². The van der Waals surface area contributed by atoms with Gasteiger partial charge in [0.05, 0.1) is 10.5 Å². The van der Waals surface area contributed by atoms with Gasteiger partial charge in [-0.15, -0.1) is 0 Å². The van der Waals surface area contributed by atoms with Gasteiger partial charge in [-0.25, -0.2) is 0 Å². The van der Waals surface area contributed by atoms with E-state index in [1.165, 1.54) is 51.4 Å². The van der Waals surface area contributed by atoms with Crippen LogP contribution in [0.25, 0.3) is 0 Å². The molecule has 1 aromatic carbocycles. The second-order valence-electron chi connectivity index (χ2n) is 8.23. The minimum Gasteiger partial charge on any atom is -0.260 e. The van der Waals surface area contributed by atoms with E-state index >= 15 is 0 Å². The van der Waals surface area contributed by atoms with Gasteiger partial charge in [-0.1, -0.05) is 96.8 Å². The van der Waals surface area contributed by atoms with E-state index in [1.807, 2.05) is 32.9 Å². The van der Waals surface area contributed by atoms with Gasteiger partial charge < -0.3 is 0 Å². The minimum atomic E-state index is -3.74. The summed E-state index contributed by atoms with van der Waals surface area (Å²) in [6, 6.07) is 7.32. The highest BCUT2D eigenvalue weighted by Gasteiger charge is 2.30. The molecule has 0 aliphatic carbocycles. The first-order valence-corrected chi connectivity index (χ1v) is 12.8. The van der Waals surface area contributed by atoms with Crippen LogP contribution in [0.15, 0.2) is 29.2 Å². The van der Waals surface area contributed by atoms with Crippen LogP contribution in [-0.2, 0) is 20.7 Å². The molecular formula is C24H42O3S. The molecule has 0 amide bonds. The number of unbranched alkanes of at least 4 members (excludes halogenated alkanes) is 9. The predicted octanol–water partition coefficient (Wildman–Crippen LogP) is 7.43. The topological polar surface area (TPSA) is 43.4 Å². The summed E-state index contributed by atoms with van der Waals surface area (Å²) in [6.45, 7) is 8.06. The molecule has 0 aliphatic heterocycles. The highest BCUT2D eigenvalue weighted by atomic mass is 32.2. The van der Waals surface area contributed by atoms with E-state index in [9.17, 15) is 8.42 Å². The van der Waals surface area contributed by atoms with Gasteiger partial charge in [-0.3, -0.25) is 4.18 Å². The van der Waals surface area contributed by atoms with Crippen LogP contribution < -0.4 is 0 Å². The van der Waals surface area contributed by atoms with Crippen LogP contribution in [-0.4, -0.2) is 14.0 Å². The van der Waals surface area contributed by atoms with Gasteiger partial charge in [-0.05, 0) is 44.2 Å². The Morgan fingerprint density at radius 1 is 0.786 bits per heavy atom. The molecule has 4 heteroatoms. The number of rotatable bonds is 16. The van der Waals surface area contributed by atoms with E-state index in [1.54, 1.807) is 12.1 Å². The number of aryl methyl sites for hydroxylation is 1. The first-order valence-electron chi connectivity index (χ1n) is 11.4. The van der Waals surface area contributed by atoms with Crippen molar-refractivity contribution in [2.45, 2.75) is 122 Å². The van der Waals surface area contributed by atoms with Crippen molar-refractivity contribution in [3.63, 3.8) is 0 Å². The monoisotopic (exact) mass is 410 g/mol. The molecule has 0 radical (unpaired) electrons. The molecule has 1 rings (SSSR count). The largest absolute Gasteiger partial charge is 0.297 e. The summed E-state index contributed by atoms with van der Waals surface area (Å²) >= 11 is 0. The van der Waals surface area contributed by atoms with Crippen LogP contribution >= 0.6 is 0 Å². The summed E-state index contributed by atoms with van der Waals surface area (Å²) < 4.78 is 31.3. The Hall–Kier alpha value is -0.870. The van der Waals surface area contributed by atoms with Crippen molar-refractivity contribution >= 4 is 10.1 Å². The van der Waals surface area contributed by atoms with E-state index in [-0.39, 0.29) is 0 Å². The molecule has 28 heavy (non-hydrogen) atoms. The molecule has 0 N–H and O–H groups in total. The molecule has 0 aromatic heterocycles. The molecule has 0 atom stereocenters. The van der Waals surface area contributed by atoms with Crippen molar-refractivity contribution in [1.29, 1.82) is 0 Å². The van der Waals surface area contributed by atoms with Crippen molar-refractivity contribution in [2.75, 3.05) is 0 Å². The number of hydrogen-bond acceptors (Lipinski definition) is 3. The summed E-state index contributed by atoms with van der Waals surface area (Å²) in [6.07, 6.45) is 14.9. The lowest BCUT2D eigenvalue weighted by Crippen LogP contribution is -2.30. The van der Waals surface area contributed by atoms with E-state index in [0.717, 1.165) is 24.8 Å². The van der Waals surface area contributed by atoms with E-state index in [2.05, 4.69) is 6.92 Å². The van der Waals surface area contributed by atoms with Gasteiger partial charge in [0.25, 0.3) is 10.1 Å². The van der Waals surface area contributed by atoms with Crippen molar-refractivity contribution in [3.05, 3.63) is 29.8 Å². The number of benzene rings is 1. The van der Waals surface area contributed by atoms with Crippen LogP contribution in [0.2, 0.25) is 0 Å². The third kappa shape index (κ3) is 9.09. The molecule has 0 heterocycles. The third-order valence-corrected chi connectivity index (χ3v) is 7.41. The van der Waals surface area contributed by atoms with Crippen LogP contribution in [0.1, 0.15) is 110 Å². The highest BCUT2D eigenvalue weighted by Crippen LogP contribution is 2.28. The summed E-state index contributed by atoms with van der Waals surface area (Å²) in [4.78, 5) is 0.346. The van der Waals surface area contributed by atoms with Crippen molar-refractivity contribution in [3.8, 4) is 0 Å². The summed E-state index contributed by atoms with van der Waals surface area (Å²) in [7, 11) is -3.74. The van der Waals surface area contributed by atoms with Crippen molar-refractivity contribution < 1.29 is 12.6 Å². The molecule has 0 saturated heterocycles. The first-order chi connectivity index (χ1) is 13.4. The SMILES string of the molecule is CCCCCCCCCCCCc1ccccc1S(=O)(=O)OC(C)(CC)CC. The molecule has 1 aromatic rings. The van der Waals surface area contributed by atoms with E-state index < -0.39 is 15.7 Å². The quantitative estimate of drug-likeness (QED) is 0.210. The maximum absolute atomic E-state index is 12.8. The maximum Gasteiger partial charge on any atom is 0.297 e. The Morgan fingerprint density at radius 2 is 1.29 bits per heavy atom. The molecule has 0 saturated carbocycles. The van der Waals surface area contributed by atoms with Crippen LogP contribution in [0.5, 0.6) is 0 Å². The Labute approximate surface area is 174 Å². The molecule has 0 unspecified atom stereocenters. The van der Waals surface area contributed by atoms with Gasteiger partial charge >= 0.3 is 0 Å². The molecule has 0 bridgehead atoms. The molecule has 0 spiro atoms. The Morgan fingerprint density at radius 3 is 1.82 bits per heavy atom. The maximum atomic E-state index is 12.8. The van der Waals surface area contributed by atoms with Gasteiger partial charge in [-0.2, -0.15) is 8.42 Å². The molecule has 0 aliphatic rings.